The first-order valence-corrected chi connectivity index (χ1v) is 4.44. The van der Waals surface area contributed by atoms with Gasteiger partial charge in [-0.05, 0) is 0 Å². The number of rotatable bonds is 1. The molecular weight excluding hydrogens is 172 g/mol. The molecule has 1 unspecified atom stereocenters. The van der Waals surface area contributed by atoms with E-state index >= 15 is 0 Å². The molecule has 0 radical (unpaired) electrons. The van der Waals surface area contributed by atoms with Crippen molar-refractivity contribution in [1.82, 2.24) is 4.90 Å². The van der Waals surface area contributed by atoms with Crippen LogP contribution >= 0.6 is 0 Å². The first-order chi connectivity index (χ1) is 6.31. The van der Waals surface area contributed by atoms with Crippen molar-refractivity contribution in [3.8, 4) is 0 Å². The number of fused-ring (bicyclic) bond motifs is 1. The lowest BCUT2D eigenvalue weighted by molar-refractivity contribution is -0.0833. The molecular formula is C8H12N2O3. The van der Waals surface area contributed by atoms with Crippen LogP contribution in [0.3, 0.4) is 0 Å². The maximum atomic E-state index is 11.0. The zero-order valence-corrected chi connectivity index (χ0v) is 7.52. The van der Waals surface area contributed by atoms with E-state index in [-0.39, 0.29) is 6.23 Å². The predicted octanol–water partition coefficient (Wildman–Crippen LogP) is 0.603. The normalized spacial score (nSPS) is 27.8. The molecule has 5 heteroatoms. The van der Waals surface area contributed by atoms with Crippen LogP contribution in [0.1, 0.15) is 13.3 Å². The Morgan fingerprint density at radius 3 is 3.31 bits per heavy atom. The van der Waals surface area contributed by atoms with Gasteiger partial charge in [0.25, 0.3) is 0 Å². The minimum absolute atomic E-state index is 0.256. The van der Waals surface area contributed by atoms with Gasteiger partial charge in [0.1, 0.15) is 12.4 Å². The van der Waals surface area contributed by atoms with E-state index in [1.165, 1.54) is 0 Å². The molecule has 13 heavy (non-hydrogen) atoms. The zero-order chi connectivity index (χ0) is 9.26. The number of amidine groups is 1. The molecule has 0 aromatic heterocycles. The summed E-state index contributed by atoms with van der Waals surface area (Å²) in [6.07, 6.45) is 0.00306. The van der Waals surface area contributed by atoms with Gasteiger partial charge in [-0.25, -0.2) is 4.79 Å². The lowest BCUT2D eigenvalue weighted by Gasteiger charge is -2.38. The SMILES string of the molecule is CCC1=NC(=O)OC2COCCN12. The highest BCUT2D eigenvalue weighted by atomic mass is 16.6. The van der Waals surface area contributed by atoms with E-state index in [0.29, 0.717) is 13.2 Å². The number of hydrogen-bond donors (Lipinski definition) is 0. The molecule has 1 atom stereocenters. The van der Waals surface area contributed by atoms with Crippen LogP contribution in [-0.4, -0.2) is 42.8 Å². The molecule has 1 fully saturated rings. The summed E-state index contributed by atoms with van der Waals surface area (Å²) < 4.78 is 10.2. The lowest BCUT2D eigenvalue weighted by atomic mass is 10.3. The number of carbonyl (C=O) groups is 1. The molecule has 72 valence electrons. The molecule has 2 heterocycles. The number of hydrogen-bond acceptors (Lipinski definition) is 4. The van der Waals surface area contributed by atoms with Crippen molar-refractivity contribution in [3.05, 3.63) is 0 Å². The Balaban J connectivity index is 2.19. The minimum atomic E-state index is -0.497. The second-order valence-corrected chi connectivity index (χ2v) is 2.99. The van der Waals surface area contributed by atoms with Crippen molar-refractivity contribution in [1.29, 1.82) is 0 Å². The van der Waals surface area contributed by atoms with Crippen molar-refractivity contribution < 1.29 is 14.3 Å². The topological polar surface area (TPSA) is 51.1 Å². The number of morpholine rings is 1. The van der Waals surface area contributed by atoms with Crippen molar-refractivity contribution in [3.63, 3.8) is 0 Å². The molecule has 1 amide bonds. The van der Waals surface area contributed by atoms with Crippen LogP contribution in [0.4, 0.5) is 4.79 Å². The average Bonchev–Trinajstić information content (AvgIpc) is 2.16. The summed E-state index contributed by atoms with van der Waals surface area (Å²) in [5.41, 5.74) is 0. The lowest BCUT2D eigenvalue weighted by Crippen LogP contribution is -2.53. The molecule has 2 rings (SSSR count). The second kappa shape index (κ2) is 3.33. The van der Waals surface area contributed by atoms with E-state index in [2.05, 4.69) is 4.99 Å². The summed E-state index contributed by atoms with van der Waals surface area (Å²) in [7, 11) is 0. The fourth-order valence-corrected chi connectivity index (χ4v) is 1.57. The summed E-state index contributed by atoms with van der Waals surface area (Å²) in [6, 6.07) is 0. The summed E-state index contributed by atoms with van der Waals surface area (Å²) in [6.45, 7) is 3.85. The molecule has 0 N–H and O–H groups in total. The van der Waals surface area contributed by atoms with E-state index in [4.69, 9.17) is 9.47 Å². The second-order valence-electron chi connectivity index (χ2n) is 2.99. The fraction of sp³-hybridized carbons (Fsp3) is 0.750. The Hall–Kier alpha value is -1.10. The summed E-state index contributed by atoms with van der Waals surface area (Å²) >= 11 is 0. The Labute approximate surface area is 76.3 Å². The minimum Gasteiger partial charge on any atom is -0.421 e. The van der Waals surface area contributed by atoms with E-state index in [1.54, 1.807) is 0 Å². The molecule has 1 saturated heterocycles. The van der Waals surface area contributed by atoms with Crippen LogP contribution in [0.2, 0.25) is 0 Å². The van der Waals surface area contributed by atoms with Crippen molar-refractivity contribution in [2.45, 2.75) is 19.6 Å². The van der Waals surface area contributed by atoms with Gasteiger partial charge in [0.15, 0.2) is 0 Å². The maximum Gasteiger partial charge on any atom is 0.437 e. The number of ether oxygens (including phenoxy) is 2. The molecule has 0 bridgehead atoms. The Bertz CT molecular complexity index is 252. The highest BCUT2D eigenvalue weighted by Gasteiger charge is 2.32. The molecule has 0 spiro atoms. The maximum absolute atomic E-state index is 11.0. The van der Waals surface area contributed by atoms with E-state index in [1.807, 2.05) is 11.8 Å². The van der Waals surface area contributed by atoms with Crippen molar-refractivity contribution in [2.75, 3.05) is 19.8 Å². The molecule has 2 aliphatic heterocycles. The van der Waals surface area contributed by atoms with E-state index < -0.39 is 6.09 Å². The molecule has 2 aliphatic rings. The van der Waals surface area contributed by atoms with Crippen LogP contribution in [0.5, 0.6) is 0 Å². The first-order valence-electron chi connectivity index (χ1n) is 4.44. The molecule has 5 nitrogen and oxygen atoms in total. The monoisotopic (exact) mass is 184 g/mol. The number of amides is 1. The average molecular weight is 184 g/mol. The molecule has 0 aliphatic carbocycles. The van der Waals surface area contributed by atoms with E-state index in [0.717, 1.165) is 18.8 Å². The fourth-order valence-electron chi connectivity index (χ4n) is 1.57. The van der Waals surface area contributed by atoms with Gasteiger partial charge < -0.3 is 14.4 Å². The smallest absolute Gasteiger partial charge is 0.421 e. The standard InChI is InChI=1S/C8H12N2O3/c1-2-6-9-8(11)13-7-5-12-4-3-10(6)7/h7H,2-5H2,1H3. The molecule has 0 saturated carbocycles. The van der Waals surface area contributed by atoms with Crippen LogP contribution in [0.15, 0.2) is 4.99 Å². The molecule has 0 aromatic rings. The van der Waals surface area contributed by atoms with Gasteiger partial charge in [0.05, 0.1) is 6.61 Å². The highest BCUT2D eigenvalue weighted by molar-refractivity contribution is 5.93. The van der Waals surface area contributed by atoms with E-state index in [9.17, 15) is 4.79 Å². The van der Waals surface area contributed by atoms with Gasteiger partial charge in [-0.15, -0.1) is 0 Å². The Kier molecular flexibility index (Phi) is 2.18. The number of nitrogens with zero attached hydrogens (tertiary/aromatic N) is 2. The summed E-state index contributed by atoms with van der Waals surface area (Å²) in [5, 5.41) is 0. The number of carbonyl (C=O) groups excluding carboxylic acids is 1. The van der Waals surface area contributed by atoms with Gasteiger partial charge in [-0.2, -0.15) is 4.99 Å². The third-order valence-electron chi connectivity index (χ3n) is 2.19. The van der Waals surface area contributed by atoms with Crippen molar-refractivity contribution >= 4 is 11.9 Å². The van der Waals surface area contributed by atoms with Gasteiger partial charge in [0, 0.05) is 13.0 Å². The largest absolute Gasteiger partial charge is 0.437 e. The Morgan fingerprint density at radius 2 is 2.54 bits per heavy atom. The van der Waals surface area contributed by atoms with Crippen LogP contribution in [0.25, 0.3) is 0 Å². The van der Waals surface area contributed by atoms with Gasteiger partial charge in [0.2, 0.25) is 6.23 Å². The van der Waals surface area contributed by atoms with Crippen LogP contribution in [0, 0.1) is 0 Å². The van der Waals surface area contributed by atoms with Crippen LogP contribution in [-0.2, 0) is 9.47 Å². The van der Waals surface area contributed by atoms with Gasteiger partial charge >= 0.3 is 6.09 Å². The predicted molar refractivity (Wildman–Crippen MR) is 45.5 cm³/mol. The summed E-state index contributed by atoms with van der Waals surface area (Å²) in [5.74, 6) is 0.810. The third-order valence-corrected chi connectivity index (χ3v) is 2.19. The van der Waals surface area contributed by atoms with Gasteiger partial charge in [-0.3, -0.25) is 0 Å². The quantitative estimate of drug-likeness (QED) is 0.599. The third kappa shape index (κ3) is 1.51. The van der Waals surface area contributed by atoms with Crippen molar-refractivity contribution in [2.24, 2.45) is 4.99 Å². The molecule has 0 aromatic carbocycles. The Morgan fingerprint density at radius 1 is 1.69 bits per heavy atom. The zero-order valence-electron chi connectivity index (χ0n) is 7.52. The first kappa shape index (κ1) is 8.50. The highest BCUT2D eigenvalue weighted by Crippen LogP contribution is 2.16. The number of aliphatic imine (C=N–C) groups is 1. The van der Waals surface area contributed by atoms with Gasteiger partial charge in [-0.1, -0.05) is 6.92 Å². The summed E-state index contributed by atoms with van der Waals surface area (Å²) in [4.78, 5) is 16.8. The van der Waals surface area contributed by atoms with Crippen LogP contribution < -0.4 is 0 Å².